The predicted molar refractivity (Wildman–Crippen MR) is 95.5 cm³/mol. The molecule has 0 saturated carbocycles. The minimum absolute atomic E-state index is 0.145. The molecule has 0 unspecified atom stereocenters. The normalized spacial score (nSPS) is 11.1. The minimum Gasteiger partial charge on any atom is -0.352 e. The van der Waals surface area contributed by atoms with E-state index in [2.05, 4.69) is 15.6 Å². The lowest BCUT2D eigenvalue weighted by Gasteiger charge is -2.13. The predicted octanol–water partition coefficient (Wildman–Crippen LogP) is 4.27. The molecule has 2 aromatic rings. The average molecular weight is 379 g/mol. The molecule has 27 heavy (non-hydrogen) atoms. The van der Waals surface area contributed by atoms with Gasteiger partial charge in [-0.25, -0.2) is 0 Å². The van der Waals surface area contributed by atoms with Gasteiger partial charge in [0.15, 0.2) is 0 Å². The Balaban J connectivity index is 2.11. The summed E-state index contributed by atoms with van der Waals surface area (Å²) in [6, 6.07) is 7.35. The maximum absolute atomic E-state index is 13.0. The highest BCUT2D eigenvalue weighted by molar-refractivity contribution is 6.05. The first-order valence-corrected chi connectivity index (χ1v) is 8.54. The molecule has 0 aliphatic carbocycles. The van der Waals surface area contributed by atoms with E-state index in [0.717, 1.165) is 31.4 Å². The number of nitrogens with zero attached hydrogens (tertiary/aromatic N) is 1. The van der Waals surface area contributed by atoms with Gasteiger partial charge >= 0.3 is 6.18 Å². The van der Waals surface area contributed by atoms with E-state index >= 15 is 0 Å². The number of hydrogen-bond donors (Lipinski definition) is 2. The number of amides is 2. The van der Waals surface area contributed by atoms with Crippen LogP contribution in [0.3, 0.4) is 0 Å². The Morgan fingerprint density at radius 3 is 2.52 bits per heavy atom. The highest BCUT2D eigenvalue weighted by Crippen LogP contribution is 2.34. The molecule has 144 valence electrons. The molecule has 1 aromatic heterocycles. The summed E-state index contributed by atoms with van der Waals surface area (Å²) in [5.74, 6) is -1.19. The zero-order valence-corrected chi connectivity index (χ0v) is 14.8. The lowest BCUT2D eigenvalue weighted by atomic mass is 10.1. The quantitative estimate of drug-likeness (QED) is 0.706. The molecule has 2 N–H and O–H groups in total. The number of pyridine rings is 1. The first kappa shape index (κ1) is 20.4. The van der Waals surface area contributed by atoms with Gasteiger partial charge in [-0.15, -0.1) is 0 Å². The van der Waals surface area contributed by atoms with Crippen LogP contribution in [0.25, 0.3) is 0 Å². The molecule has 2 amide bonds. The molecular weight excluding hydrogens is 359 g/mol. The molecule has 2 rings (SSSR count). The van der Waals surface area contributed by atoms with Gasteiger partial charge in [0.1, 0.15) is 5.69 Å². The Morgan fingerprint density at radius 1 is 1.07 bits per heavy atom. The molecule has 0 atom stereocenters. The second-order valence-electron chi connectivity index (χ2n) is 5.89. The Hall–Kier alpha value is -2.90. The lowest BCUT2D eigenvalue weighted by Crippen LogP contribution is -2.25. The molecule has 0 saturated heterocycles. The summed E-state index contributed by atoms with van der Waals surface area (Å²) >= 11 is 0. The van der Waals surface area contributed by atoms with Crippen molar-refractivity contribution >= 4 is 17.5 Å². The van der Waals surface area contributed by atoms with Crippen molar-refractivity contribution in [2.75, 3.05) is 11.9 Å². The average Bonchev–Trinajstić information content (AvgIpc) is 2.64. The van der Waals surface area contributed by atoms with Gasteiger partial charge in [-0.2, -0.15) is 13.2 Å². The van der Waals surface area contributed by atoms with Gasteiger partial charge in [0.2, 0.25) is 0 Å². The number of carbonyl (C=O) groups is 2. The van der Waals surface area contributed by atoms with E-state index < -0.39 is 17.6 Å². The van der Waals surface area contributed by atoms with E-state index in [9.17, 15) is 22.8 Å². The number of hydrogen-bond acceptors (Lipinski definition) is 3. The van der Waals surface area contributed by atoms with Crippen molar-refractivity contribution < 1.29 is 22.8 Å². The van der Waals surface area contributed by atoms with Gasteiger partial charge in [-0.05, 0) is 30.7 Å². The number of alkyl halides is 3. The highest BCUT2D eigenvalue weighted by atomic mass is 19.4. The maximum atomic E-state index is 13.0. The van der Waals surface area contributed by atoms with Gasteiger partial charge in [-0.1, -0.05) is 31.9 Å². The van der Waals surface area contributed by atoms with E-state index in [1.54, 1.807) is 0 Å². The number of halogens is 3. The summed E-state index contributed by atoms with van der Waals surface area (Å²) in [6.45, 7) is 2.56. The van der Waals surface area contributed by atoms with Crippen LogP contribution in [0.5, 0.6) is 0 Å². The largest absolute Gasteiger partial charge is 0.418 e. The smallest absolute Gasteiger partial charge is 0.352 e. The number of carbonyl (C=O) groups excluding carboxylic acids is 2. The Labute approximate surface area is 155 Å². The summed E-state index contributed by atoms with van der Waals surface area (Å²) in [5.41, 5.74) is -1.25. The number of aromatic nitrogens is 1. The van der Waals surface area contributed by atoms with Crippen molar-refractivity contribution in [1.82, 2.24) is 10.3 Å². The molecule has 0 fully saturated rings. The molecule has 1 aromatic carbocycles. The number of unbranched alkanes of at least 4 members (excludes halogenated alkanes) is 2. The fourth-order valence-electron chi connectivity index (χ4n) is 2.40. The highest BCUT2D eigenvalue weighted by Gasteiger charge is 2.33. The summed E-state index contributed by atoms with van der Waals surface area (Å²) in [5, 5.41) is 4.94. The Kier molecular flexibility index (Phi) is 6.92. The third kappa shape index (κ3) is 5.80. The van der Waals surface area contributed by atoms with E-state index in [4.69, 9.17) is 0 Å². The summed E-state index contributed by atoms with van der Waals surface area (Å²) in [4.78, 5) is 28.2. The zero-order valence-electron chi connectivity index (χ0n) is 14.8. The van der Waals surface area contributed by atoms with Crippen molar-refractivity contribution in [2.45, 2.75) is 32.4 Å². The number of para-hydroxylation sites is 1. The van der Waals surface area contributed by atoms with Crippen molar-refractivity contribution in [1.29, 1.82) is 0 Å². The van der Waals surface area contributed by atoms with E-state index in [1.165, 1.54) is 30.5 Å². The fraction of sp³-hybridized carbons (Fsp3) is 0.316. The van der Waals surface area contributed by atoms with Gasteiger partial charge in [0.05, 0.1) is 11.3 Å². The van der Waals surface area contributed by atoms with Gasteiger partial charge in [-0.3, -0.25) is 14.6 Å². The number of rotatable bonds is 7. The van der Waals surface area contributed by atoms with Crippen molar-refractivity contribution in [2.24, 2.45) is 0 Å². The topological polar surface area (TPSA) is 71.1 Å². The molecule has 5 nitrogen and oxygen atoms in total. The standard InChI is InChI=1S/C19H20F3N3O2/c1-2-3-6-10-24-17(26)13-9-11-23-16(12-13)18(27)25-15-8-5-4-7-14(15)19(20,21)22/h4-5,7-9,11-12H,2-3,6,10H2,1H3,(H,24,26)(H,25,27). The van der Waals surface area contributed by atoms with Gasteiger partial charge in [0.25, 0.3) is 11.8 Å². The molecular formula is C19H20F3N3O2. The van der Waals surface area contributed by atoms with Crippen LogP contribution in [0.15, 0.2) is 42.6 Å². The van der Waals surface area contributed by atoms with Crippen LogP contribution in [-0.2, 0) is 6.18 Å². The molecule has 0 aliphatic heterocycles. The third-order valence-corrected chi connectivity index (χ3v) is 3.80. The zero-order chi connectivity index (χ0) is 19.9. The second kappa shape index (κ2) is 9.16. The molecule has 0 spiro atoms. The van der Waals surface area contributed by atoms with Crippen LogP contribution in [0, 0.1) is 0 Å². The van der Waals surface area contributed by atoms with Crippen molar-refractivity contribution in [3.63, 3.8) is 0 Å². The van der Waals surface area contributed by atoms with Crippen LogP contribution in [0.1, 0.15) is 52.6 Å². The van der Waals surface area contributed by atoms with Gasteiger partial charge in [0, 0.05) is 18.3 Å². The molecule has 0 bridgehead atoms. The summed E-state index contributed by atoms with van der Waals surface area (Å²) < 4.78 is 39.1. The first-order chi connectivity index (χ1) is 12.8. The lowest BCUT2D eigenvalue weighted by molar-refractivity contribution is -0.136. The number of benzene rings is 1. The number of anilines is 1. The van der Waals surface area contributed by atoms with E-state index in [1.807, 2.05) is 6.92 Å². The SMILES string of the molecule is CCCCCNC(=O)c1ccnc(C(=O)Nc2ccccc2C(F)(F)F)c1. The monoisotopic (exact) mass is 379 g/mol. The van der Waals surface area contributed by atoms with Crippen LogP contribution < -0.4 is 10.6 Å². The van der Waals surface area contributed by atoms with Crippen LogP contribution in [-0.4, -0.2) is 23.3 Å². The first-order valence-electron chi connectivity index (χ1n) is 8.54. The van der Waals surface area contributed by atoms with E-state index in [-0.39, 0.29) is 22.9 Å². The maximum Gasteiger partial charge on any atom is 0.418 e. The Bertz CT molecular complexity index is 807. The fourth-order valence-corrected chi connectivity index (χ4v) is 2.40. The van der Waals surface area contributed by atoms with Crippen LogP contribution in [0.4, 0.5) is 18.9 Å². The third-order valence-electron chi connectivity index (χ3n) is 3.80. The molecule has 0 radical (unpaired) electrons. The summed E-state index contributed by atoms with van der Waals surface area (Å²) in [6.07, 6.45) is -0.476. The van der Waals surface area contributed by atoms with Crippen molar-refractivity contribution in [3.05, 3.63) is 59.4 Å². The Morgan fingerprint density at radius 2 is 1.81 bits per heavy atom. The van der Waals surface area contributed by atoms with Crippen molar-refractivity contribution in [3.8, 4) is 0 Å². The molecule has 8 heteroatoms. The van der Waals surface area contributed by atoms with Crippen LogP contribution in [0.2, 0.25) is 0 Å². The second-order valence-corrected chi connectivity index (χ2v) is 5.89. The number of nitrogens with one attached hydrogen (secondary N) is 2. The van der Waals surface area contributed by atoms with E-state index in [0.29, 0.717) is 6.54 Å². The van der Waals surface area contributed by atoms with Crippen LogP contribution >= 0.6 is 0 Å². The van der Waals surface area contributed by atoms with Gasteiger partial charge < -0.3 is 10.6 Å². The minimum atomic E-state index is -4.60. The molecule has 1 heterocycles. The molecule has 0 aliphatic rings. The summed E-state index contributed by atoms with van der Waals surface area (Å²) in [7, 11) is 0.